The van der Waals surface area contributed by atoms with Crippen molar-refractivity contribution in [2.45, 2.75) is 25.6 Å². The molecule has 3 aromatic heterocycles. The van der Waals surface area contributed by atoms with Gasteiger partial charge in [0.05, 0.1) is 18.0 Å². The number of hydrogen-bond donors (Lipinski definition) is 3. The lowest BCUT2D eigenvalue weighted by Gasteiger charge is -2.11. The predicted octanol–water partition coefficient (Wildman–Crippen LogP) is 2.28. The number of aryl methyl sites for hydroxylation is 1. The molecule has 3 heterocycles. The number of hydrogen-bond acceptors (Lipinski definition) is 6. The Bertz CT molecular complexity index is 1060. The third kappa shape index (κ3) is 3.48. The van der Waals surface area contributed by atoms with E-state index in [1.807, 2.05) is 13.0 Å². The SMILES string of the molecule is Cc1cnc(CO)cc1-c1cc2cc(NC(=O)C3CC3P)ncc2c(N)n1. The van der Waals surface area contributed by atoms with E-state index in [1.54, 1.807) is 24.5 Å². The number of nitrogens with one attached hydrogen (secondary N) is 1. The van der Waals surface area contributed by atoms with Gasteiger partial charge in [-0.3, -0.25) is 9.78 Å². The van der Waals surface area contributed by atoms with Crippen LogP contribution in [0.1, 0.15) is 17.7 Å². The number of carbonyl (C=O) groups is 1. The lowest BCUT2D eigenvalue weighted by atomic mass is 10.0. The number of aliphatic hydroxyl groups is 1. The zero-order valence-electron chi connectivity index (χ0n) is 14.8. The normalized spacial score (nSPS) is 18.5. The van der Waals surface area contributed by atoms with Crippen LogP contribution in [0.5, 0.6) is 0 Å². The van der Waals surface area contributed by atoms with Gasteiger partial charge in [-0.15, -0.1) is 9.24 Å². The Kier molecular flexibility index (Phi) is 4.50. The zero-order valence-corrected chi connectivity index (χ0v) is 16.0. The minimum atomic E-state index is -0.145. The molecular weight excluding hydrogens is 361 g/mol. The van der Waals surface area contributed by atoms with E-state index in [1.165, 1.54) is 0 Å². The predicted molar refractivity (Wildman–Crippen MR) is 108 cm³/mol. The van der Waals surface area contributed by atoms with E-state index in [0.29, 0.717) is 28.7 Å². The molecule has 138 valence electrons. The molecule has 0 aromatic carbocycles. The fourth-order valence-corrected chi connectivity index (χ4v) is 3.51. The van der Waals surface area contributed by atoms with Crippen molar-refractivity contribution < 1.29 is 9.90 Å². The average Bonchev–Trinajstić information content (AvgIpc) is 3.38. The van der Waals surface area contributed by atoms with Crippen LogP contribution < -0.4 is 11.1 Å². The fourth-order valence-electron chi connectivity index (χ4n) is 3.04. The Labute approximate surface area is 158 Å². The molecule has 1 saturated carbocycles. The summed E-state index contributed by atoms with van der Waals surface area (Å²) in [6, 6.07) is 5.51. The Morgan fingerprint density at radius 3 is 2.81 bits per heavy atom. The van der Waals surface area contributed by atoms with Gasteiger partial charge in [-0.05, 0) is 48.2 Å². The van der Waals surface area contributed by atoms with Crippen molar-refractivity contribution in [3.8, 4) is 11.3 Å². The zero-order chi connectivity index (χ0) is 19.1. The van der Waals surface area contributed by atoms with Crippen molar-refractivity contribution in [1.82, 2.24) is 15.0 Å². The molecule has 8 heteroatoms. The number of fused-ring (bicyclic) bond motifs is 1. The third-order valence-electron chi connectivity index (χ3n) is 4.77. The monoisotopic (exact) mass is 381 g/mol. The summed E-state index contributed by atoms with van der Waals surface area (Å²) in [7, 11) is 2.67. The number of nitrogens with two attached hydrogens (primary N) is 1. The first-order valence-electron chi connectivity index (χ1n) is 8.65. The third-order valence-corrected chi connectivity index (χ3v) is 5.51. The summed E-state index contributed by atoms with van der Waals surface area (Å²) in [5, 5.41) is 13.8. The number of aliphatic hydroxyl groups excluding tert-OH is 1. The molecule has 7 nitrogen and oxygen atoms in total. The summed E-state index contributed by atoms with van der Waals surface area (Å²) >= 11 is 0. The first kappa shape index (κ1) is 17.8. The molecule has 1 aliphatic rings. The first-order chi connectivity index (χ1) is 13.0. The average molecular weight is 381 g/mol. The van der Waals surface area contributed by atoms with Gasteiger partial charge in [-0.25, -0.2) is 9.97 Å². The number of rotatable bonds is 4. The highest BCUT2D eigenvalue weighted by Crippen LogP contribution is 2.38. The van der Waals surface area contributed by atoms with Crippen molar-refractivity contribution in [3.63, 3.8) is 0 Å². The van der Waals surface area contributed by atoms with Crippen LogP contribution in [0.3, 0.4) is 0 Å². The second-order valence-electron chi connectivity index (χ2n) is 6.83. The van der Waals surface area contributed by atoms with Crippen LogP contribution in [0.4, 0.5) is 11.6 Å². The number of anilines is 2. The highest BCUT2D eigenvalue weighted by atomic mass is 31.0. The second kappa shape index (κ2) is 6.83. The molecular formula is C19H20N5O2P. The van der Waals surface area contributed by atoms with Gasteiger partial charge in [0.25, 0.3) is 0 Å². The van der Waals surface area contributed by atoms with E-state index < -0.39 is 0 Å². The van der Waals surface area contributed by atoms with Crippen molar-refractivity contribution in [2.24, 2.45) is 5.92 Å². The van der Waals surface area contributed by atoms with Gasteiger partial charge in [0.2, 0.25) is 5.91 Å². The molecule has 0 bridgehead atoms. The molecule has 3 atom stereocenters. The fraction of sp³-hybridized carbons (Fsp3) is 0.263. The van der Waals surface area contributed by atoms with E-state index in [9.17, 15) is 9.90 Å². The van der Waals surface area contributed by atoms with Gasteiger partial charge in [0.1, 0.15) is 11.6 Å². The topological polar surface area (TPSA) is 114 Å². The largest absolute Gasteiger partial charge is 0.390 e. The Balaban J connectivity index is 1.74. The standard InChI is InChI=1S/C19H20N5O2P/c1-9-6-21-11(8-25)4-12(9)15-2-10-3-17(22-7-14(10)18(20)23-15)24-19(26)13-5-16(13)27/h2-4,6-7,13,16,25H,5,8,27H2,1H3,(H2,20,23)(H,22,24,26). The van der Waals surface area contributed by atoms with Crippen LogP contribution in [-0.4, -0.2) is 31.6 Å². The maximum absolute atomic E-state index is 12.2. The lowest BCUT2D eigenvalue weighted by molar-refractivity contribution is -0.117. The van der Waals surface area contributed by atoms with Crippen molar-refractivity contribution in [1.29, 1.82) is 0 Å². The number of aromatic nitrogens is 3. The van der Waals surface area contributed by atoms with Crippen LogP contribution in [0.15, 0.2) is 30.6 Å². The molecule has 1 aliphatic carbocycles. The van der Waals surface area contributed by atoms with E-state index >= 15 is 0 Å². The molecule has 0 aliphatic heterocycles. The van der Waals surface area contributed by atoms with Crippen molar-refractivity contribution >= 4 is 37.6 Å². The van der Waals surface area contributed by atoms with Crippen LogP contribution in [0.25, 0.3) is 22.0 Å². The maximum Gasteiger partial charge on any atom is 0.229 e. The number of carbonyl (C=O) groups excluding carboxylic acids is 1. The number of nitrogen functional groups attached to an aromatic ring is 1. The van der Waals surface area contributed by atoms with Crippen LogP contribution >= 0.6 is 9.24 Å². The molecule has 0 saturated heterocycles. The highest BCUT2D eigenvalue weighted by Gasteiger charge is 2.39. The lowest BCUT2D eigenvalue weighted by Crippen LogP contribution is -2.15. The molecule has 3 aromatic rings. The number of nitrogens with zero attached hydrogens (tertiary/aromatic N) is 3. The van der Waals surface area contributed by atoms with E-state index in [-0.39, 0.29) is 18.4 Å². The molecule has 4 N–H and O–H groups in total. The molecule has 3 unspecified atom stereocenters. The molecule has 1 fully saturated rings. The molecule has 0 radical (unpaired) electrons. The number of amides is 1. The molecule has 1 amide bonds. The summed E-state index contributed by atoms with van der Waals surface area (Å²) in [5.74, 6) is 0.890. The van der Waals surface area contributed by atoms with Crippen LogP contribution in [0, 0.1) is 12.8 Å². The smallest absolute Gasteiger partial charge is 0.229 e. The molecule has 27 heavy (non-hydrogen) atoms. The van der Waals surface area contributed by atoms with E-state index in [0.717, 1.165) is 28.3 Å². The van der Waals surface area contributed by atoms with Crippen molar-refractivity contribution in [3.05, 3.63) is 41.9 Å². The van der Waals surface area contributed by atoms with Gasteiger partial charge in [0, 0.05) is 29.3 Å². The van der Waals surface area contributed by atoms with Gasteiger partial charge < -0.3 is 16.2 Å². The van der Waals surface area contributed by atoms with Gasteiger partial charge in [-0.1, -0.05) is 0 Å². The quantitative estimate of drug-likeness (QED) is 0.598. The summed E-state index contributed by atoms with van der Waals surface area (Å²) in [5.41, 5.74) is 9.53. The van der Waals surface area contributed by atoms with Gasteiger partial charge in [0.15, 0.2) is 0 Å². The molecule has 4 rings (SSSR count). The van der Waals surface area contributed by atoms with E-state index in [2.05, 4.69) is 29.5 Å². The van der Waals surface area contributed by atoms with Crippen molar-refractivity contribution in [2.75, 3.05) is 11.1 Å². The minimum absolute atomic E-state index is 0.0123. The van der Waals surface area contributed by atoms with E-state index in [4.69, 9.17) is 5.73 Å². The summed E-state index contributed by atoms with van der Waals surface area (Å²) in [4.78, 5) is 25.1. The van der Waals surface area contributed by atoms with Crippen LogP contribution in [-0.2, 0) is 11.4 Å². The van der Waals surface area contributed by atoms with Crippen LogP contribution in [0.2, 0.25) is 0 Å². The van der Waals surface area contributed by atoms with Gasteiger partial charge >= 0.3 is 0 Å². The second-order valence-corrected chi connectivity index (χ2v) is 7.68. The van der Waals surface area contributed by atoms with Gasteiger partial charge in [-0.2, -0.15) is 0 Å². The Hall–Kier alpha value is -2.63. The number of pyridine rings is 3. The Morgan fingerprint density at radius 2 is 2.11 bits per heavy atom. The summed E-state index contributed by atoms with van der Waals surface area (Å²) < 4.78 is 0. The first-order valence-corrected chi connectivity index (χ1v) is 9.32. The maximum atomic E-state index is 12.2. The summed E-state index contributed by atoms with van der Waals surface area (Å²) in [6.07, 6.45) is 4.22. The minimum Gasteiger partial charge on any atom is -0.390 e. The summed E-state index contributed by atoms with van der Waals surface area (Å²) in [6.45, 7) is 1.78. The molecule has 0 spiro atoms. The highest BCUT2D eigenvalue weighted by molar-refractivity contribution is 7.18. The Morgan fingerprint density at radius 1 is 1.33 bits per heavy atom.